The lowest BCUT2D eigenvalue weighted by Gasteiger charge is -2.36. The third-order valence-electron chi connectivity index (χ3n) is 5.84. The first-order valence-electron chi connectivity index (χ1n) is 8.64. The molecule has 1 aromatic carbocycles. The number of aliphatic hydroxyl groups is 1. The van der Waals surface area contributed by atoms with Gasteiger partial charge in [-0.2, -0.15) is 0 Å². The van der Waals surface area contributed by atoms with Gasteiger partial charge >= 0.3 is 0 Å². The molecule has 128 valence electrons. The van der Waals surface area contributed by atoms with Crippen LogP contribution in [0.5, 0.6) is 5.75 Å². The number of carbonyl (C=O) groups is 1. The molecule has 2 aliphatic rings. The summed E-state index contributed by atoms with van der Waals surface area (Å²) in [5.41, 5.74) is 1.14. The summed E-state index contributed by atoms with van der Waals surface area (Å²) in [7, 11) is 1.62. The molecule has 0 bridgehead atoms. The Morgan fingerprint density at radius 2 is 2.12 bits per heavy atom. The van der Waals surface area contributed by atoms with Gasteiger partial charge in [0, 0.05) is 17.5 Å². The minimum Gasteiger partial charge on any atom is -0.497 e. The number of aryl methyl sites for hydroxylation is 1. The van der Waals surface area contributed by atoms with Crippen LogP contribution >= 0.6 is 0 Å². The van der Waals surface area contributed by atoms with Gasteiger partial charge in [-0.15, -0.1) is 0 Å². The Hall–Kier alpha value is -2.01. The SMILES string of the molecule is COc1ccc2oc(C(=O)N3CCC(O)C34CCCC4)c(C)c2c1. The van der Waals surface area contributed by atoms with Gasteiger partial charge < -0.3 is 19.2 Å². The van der Waals surface area contributed by atoms with E-state index in [-0.39, 0.29) is 11.4 Å². The first-order chi connectivity index (χ1) is 11.6. The minimum absolute atomic E-state index is 0.0962. The van der Waals surface area contributed by atoms with E-state index in [4.69, 9.17) is 9.15 Å². The monoisotopic (exact) mass is 329 g/mol. The molecule has 1 spiro atoms. The van der Waals surface area contributed by atoms with Crippen molar-refractivity contribution in [2.45, 2.75) is 50.7 Å². The van der Waals surface area contributed by atoms with Gasteiger partial charge in [0.25, 0.3) is 5.91 Å². The standard InChI is InChI=1S/C19H23NO4/c1-12-14-11-13(23-2)5-6-15(14)24-17(12)18(22)20-10-7-16(21)19(20)8-3-4-9-19/h5-6,11,16,21H,3-4,7-10H2,1-2H3. The lowest BCUT2D eigenvalue weighted by atomic mass is 9.91. The molecule has 24 heavy (non-hydrogen) atoms. The fourth-order valence-electron chi connectivity index (χ4n) is 4.47. The van der Waals surface area contributed by atoms with Crippen LogP contribution in [0.2, 0.25) is 0 Å². The summed E-state index contributed by atoms with van der Waals surface area (Å²) >= 11 is 0. The maximum absolute atomic E-state index is 13.2. The van der Waals surface area contributed by atoms with Crippen molar-refractivity contribution in [2.24, 2.45) is 0 Å². The molecule has 1 saturated carbocycles. The zero-order chi connectivity index (χ0) is 16.9. The lowest BCUT2D eigenvalue weighted by Crippen LogP contribution is -2.50. The first kappa shape index (κ1) is 15.5. The fraction of sp³-hybridized carbons (Fsp3) is 0.526. The third kappa shape index (κ3) is 2.07. The van der Waals surface area contributed by atoms with Crippen molar-refractivity contribution in [3.63, 3.8) is 0 Å². The smallest absolute Gasteiger partial charge is 0.290 e. The fourth-order valence-corrected chi connectivity index (χ4v) is 4.47. The van der Waals surface area contributed by atoms with E-state index in [0.29, 0.717) is 24.3 Å². The summed E-state index contributed by atoms with van der Waals surface area (Å²) in [4.78, 5) is 15.1. The molecule has 5 nitrogen and oxygen atoms in total. The Morgan fingerprint density at radius 3 is 2.83 bits per heavy atom. The van der Waals surface area contributed by atoms with Gasteiger partial charge in [-0.3, -0.25) is 4.79 Å². The molecule has 1 unspecified atom stereocenters. The predicted octanol–water partition coefficient (Wildman–Crippen LogP) is 3.27. The predicted molar refractivity (Wildman–Crippen MR) is 90.4 cm³/mol. The summed E-state index contributed by atoms with van der Waals surface area (Å²) < 4.78 is 11.1. The van der Waals surface area contributed by atoms with Crippen LogP contribution in [-0.4, -0.2) is 41.2 Å². The third-order valence-corrected chi connectivity index (χ3v) is 5.84. The van der Waals surface area contributed by atoms with Gasteiger partial charge in [0.1, 0.15) is 11.3 Å². The van der Waals surface area contributed by atoms with Crippen molar-refractivity contribution in [1.29, 1.82) is 0 Å². The highest BCUT2D eigenvalue weighted by Crippen LogP contribution is 2.44. The number of rotatable bonds is 2. The number of likely N-dealkylation sites (tertiary alicyclic amines) is 1. The van der Waals surface area contributed by atoms with Crippen molar-refractivity contribution in [3.05, 3.63) is 29.5 Å². The quantitative estimate of drug-likeness (QED) is 0.918. The van der Waals surface area contributed by atoms with Crippen molar-refractivity contribution in [1.82, 2.24) is 4.90 Å². The van der Waals surface area contributed by atoms with Crippen LogP contribution in [0.3, 0.4) is 0 Å². The maximum atomic E-state index is 13.2. The van der Waals surface area contributed by atoms with E-state index in [1.165, 1.54) is 0 Å². The van der Waals surface area contributed by atoms with Crippen LogP contribution in [0.4, 0.5) is 0 Å². The van der Waals surface area contributed by atoms with Crippen molar-refractivity contribution >= 4 is 16.9 Å². The molecular formula is C19H23NO4. The highest BCUT2D eigenvalue weighted by atomic mass is 16.5. The van der Waals surface area contributed by atoms with Gasteiger partial charge in [-0.05, 0) is 44.4 Å². The average Bonchev–Trinajstić information content (AvgIpc) is 3.28. The van der Waals surface area contributed by atoms with Crippen LogP contribution < -0.4 is 4.74 Å². The largest absolute Gasteiger partial charge is 0.497 e. The van der Waals surface area contributed by atoms with Crippen LogP contribution in [0.15, 0.2) is 22.6 Å². The van der Waals surface area contributed by atoms with E-state index in [2.05, 4.69) is 0 Å². The molecule has 1 N–H and O–H groups in total. The number of aliphatic hydroxyl groups excluding tert-OH is 1. The van der Waals surface area contributed by atoms with E-state index in [1.54, 1.807) is 7.11 Å². The highest BCUT2D eigenvalue weighted by molar-refractivity contribution is 5.99. The second-order valence-electron chi connectivity index (χ2n) is 6.99. The Kier molecular flexibility index (Phi) is 3.57. The van der Waals surface area contributed by atoms with E-state index in [0.717, 1.165) is 42.4 Å². The molecule has 1 atom stereocenters. The van der Waals surface area contributed by atoms with E-state index >= 15 is 0 Å². The zero-order valence-electron chi connectivity index (χ0n) is 14.2. The van der Waals surface area contributed by atoms with Crippen molar-refractivity contribution < 1.29 is 19.1 Å². The molecule has 1 aliphatic carbocycles. The first-order valence-corrected chi connectivity index (χ1v) is 8.64. The molecule has 1 aliphatic heterocycles. The second kappa shape index (κ2) is 5.52. The van der Waals surface area contributed by atoms with E-state index in [1.807, 2.05) is 30.0 Å². The molecular weight excluding hydrogens is 306 g/mol. The zero-order valence-corrected chi connectivity index (χ0v) is 14.2. The van der Waals surface area contributed by atoms with Crippen LogP contribution in [0, 0.1) is 6.92 Å². The molecule has 5 heteroatoms. The number of fused-ring (bicyclic) bond motifs is 1. The summed E-state index contributed by atoms with van der Waals surface area (Å²) in [6.07, 6.45) is 4.13. The molecule has 4 rings (SSSR count). The molecule has 2 aromatic rings. The number of carbonyl (C=O) groups excluding carboxylic acids is 1. The number of methoxy groups -OCH3 is 1. The van der Waals surface area contributed by atoms with Gasteiger partial charge in [0.05, 0.1) is 18.8 Å². The summed E-state index contributed by atoms with van der Waals surface area (Å²) in [5.74, 6) is 1.04. The van der Waals surface area contributed by atoms with Gasteiger partial charge in [-0.25, -0.2) is 0 Å². The number of amides is 1. The Labute approximate surface area is 141 Å². The van der Waals surface area contributed by atoms with Gasteiger partial charge in [0.2, 0.25) is 0 Å². The molecule has 2 fully saturated rings. The normalized spacial score (nSPS) is 22.6. The Bertz CT molecular complexity index is 788. The van der Waals surface area contributed by atoms with Crippen molar-refractivity contribution in [2.75, 3.05) is 13.7 Å². The number of nitrogens with zero attached hydrogens (tertiary/aromatic N) is 1. The van der Waals surface area contributed by atoms with Gasteiger partial charge in [0.15, 0.2) is 5.76 Å². The molecule has 1 amide bonds. The maximum Gasteiger partial charge on any atom is 0.290 e. The molecule has 1 aromatic heterocycles. The van der Waals surface area contributed by atoms with Crippen LogP contribution in [0.25, 0.3) is 11.0 Å². The van der Waals surface area contributed by atoms with Crippen molar-refractivity contribution in [3.8, 4) is 5.75 Å². The topological polar surface area (TPSA) is 62.9 Å². The summed E-state index contributed by atoms with van der Waals surface area (Å²) in [5, 5.41) is 11.4. The average molecular weight is 329 g/mol. The molecule has 0 radical (unpaired) electrons. The highest BCUT2D eigenvalue weighted by Gasteiger charge is 2.52. The Balaban J connectivity index is 1.74. The van der Waals surface area contributed by atoms with Crippen LogP contribution in [-0.2, 0) is 0 Å². The van der Waals surface area contributed by atoms with Crippen LogP contribution in [0.1, 0.15) is 48.2 Å². The Morgan fingerprint density at radius 1 is 1.38 bits per heavy atom. The summed E-state index contributed by atoms with van der Waals surface area (Å²) in [6, 6.07) is 5.56. The second-order valence-corrected chi connectivity index (χ2v) is 6.99. The number of hydrogen-bond acceptors (Lipinski definition) is 4. The number of hydrogen-bond donors (Lipinski definition) is 1. The number of ether oxygens (including phenoxy) is 1. The molecule has 1 saturated heterocycles. The number of benzene rings is 1. The van der Waals surface area contributed by atoms with E-state index < -0.39 is 6.10 Å². The molecule has 2 heterocycles. The number of furan rings is 1. The van der Waals surface area contributed by atoms with E-state index in [9.17, 15) is 9.90 Å². The van der Waals surface area contributed by atoms with Gasteiger partial charge in [-0.1, -0.05) is 12.8 Å². The minimum atomic E-state index is -0.422. The summed E-state index contributed by atoms with van der Waals surface area (Å²) in [6.45, 7) is 2.51. The lowest BCUT2D eigenvalue weighted by molar-refractivity contribution is 0.0241.